The minimum atomic E-state index is -1.10. The highest BCUT2D eigenvalue weighted by Crippen LogP contribution is 2.30. The molecular formula is C15H20FN9O. The van der Waals surface area contributed by atoms with E-state index in [-0.39, 0.29) is 6.54 Å². The van der Waals surface area contributed by atoms with Crippen LogP contribution in [0.25, 0.3) is 11.2 Å². The van der Waals surface area contributed by atoms with Crippen molar-refractivity contribution in [1.29, 1.82) is 0 Å². The van der Waals surface area contributed by atoms with Crippen LogP contribution in [0.3, 0.4) is 0 Å². The minimum absolute atomic E-state index is 0.167. The van der Waals surface area contributed by atoms with Crippen LogP contribution in [0.4, 0.5) is 21.8 Å². The van der Waals surface area contributed by atoms with Gasteiger partial charge in [0.2, 0.25) is 5.95 Å². The summed E-state index contributed by atoms with van der Waals surface area (Å²) in [5.41, 5.74) is 7.68. The van der Waals surface area contributed by atoms with Gasteiger partial charge in [0.05, 0.1) is 32.2 Å². The summed E-state index contributed by atoms with van der Waals surface area (Å²) in [4.78, 5) is 15.2. The second kappa shape index (κ2) is 6.09. The summed E-state index contributed by atoms with van der Waals surface area (Å²) in [7, 11) is 5.18. The SMILES string of the molecule is COc1nn(C)cc1Nc1nc(N2C[C@@H](N)[C@H](F)C2)nc2c1ncn2C. The van der Waals surface area contributed by atoms with Gasteiger partial charge in [-0.05, 0) is 0 Å². The molecule has 1 aliphatic rings. The fourth-order valence-electron chi connectivity index (χ4n) is 3.01. The molecule has 3 aromatic rings. The van der Waals surface area contributed by atoms with Crippen molar-refractivity contribution in [2.45, 2.75) is 12.2 Å². The van der Waals surface area contributed by atoms with Crippen LogP contribution in [0, 0.1) is 0 Å². The zero-order valence-corrected chi connectivity index (χ0v) is 14.7. The molecular weight excluding hydrogens is 341 g/mol. The molecule has 10 nitrogen and oxygen atoms in total. The maximum Gasteiger partial charge on any atom is 0.256 e. The fraction of sp³-hybridized carbons (Fsp3) is 0.467. The van der Waals surface area contributed by atoms with Crippen molar-refractivity contribution in [3.05, 3.63) is 12.5 Å². The van der Waals surface area contributed by atoms with Gasteiger partial charge in [0.15, 0.2) is 17.0 Å². The molecule has 0 aliphatic carbocycles. The number of nitrogens with one attached hydrogen (secondary N) is 1. The molecule has 0 radical (unpaired) electrons. The van der Waals surface area contributed by atoms with Gasteiger partial charge in [0.1, 0.15) is 11.9 Å². The average Bonchev–Trinajstić information content (AvgIpc) is 3.26. The standard InChI is InChI=1S/C15H20FN9O/c1-23-7-18-11-12(19-10-6-24(2)22-14(10)26-3)20-15(21-13(11)23)25-4-8(16)9(17)5-25/h6-9H,4-5,17H2,1-3H3,(H,19,20,21)/t8-,9-/m1/s1. The van der Waals surface area contributed by atoms with Crippen LogP contribution in [0.15, 0.2) is 12.5 Å². The van der Waals surface area contributed by atoms with Crippen LogP contribution < -0.4 is 20.7 Å². The zero-order valence-electron chi connectivity index (χ0n) is 14.7. The predicted octanol–water partition coefficient (Wildman–Crippen LogP) is 0.334. The largest absolute Gasteiger partial charge is 0.478 e. The van der Waals surface area contributed by atoms with Gasteiger partial charge in [0, 0.05) is 20.6 Å². The molecule has 4 rings (SSSR count). The van der Waals surface area contributed by atoms with Gasteiger partial charge < -0.3 is 25.3 Å². The third-order valence-electron chi connectivity index (χ3n) is 4.36. The normalized spacial score (nSPS) is 20.1. The summed E-state index contributed by atoms with van der Waals surface area (Å²) in [5.74, 6) is 1.33. The first kappa shape index (κ1) is 16.5. The Bertz CT molecular complexity index is 942. The number of rotatable bonds is 4. The number of halogens is 1. The topological polar surface area (TPSA) is 112 Å². The monoisotopic (exact) mass is 361 g/mol. The number of alkyl halides is 1. The summed E-state index contributed by atoms with van der Waals surface area (Å²) in [5, 5.41) is 7.42. The van der Waals surface area contributed by atoms with Crippen molar-refractivity contribution in [3.63, 3.8) is 0 Å². The molecule has 0 amide bonds. The molecule has 11 heteroatoms. The van der Waals surface area contributed by atoms with Gasteiger partial charge in [-0.15, -0.1) is 5.10 Å². The summed E-state index contributed by atoms with van der Waals surface area (Å²) in [6.07, 6.45) is 2.33. The fourth-order valence-corrected chi connectivity index (χ4v) is 3.01. The smallest absolute Gasteiger partial charge is 0.256 e. The summed E-state index contributed by atoms with van der Waals surface area (Å²) in [6, 6.07) is -0.546. The van der Waals surface area contributed by atoms with Gasteiger partial charge in [0.25, 0.3) is 5.88 Å². The van der Waals surface area contributed by atoms with E-state index in [9.17, 15) is 4.39 Å². The molecule has 1 saturated heterocycles. The lowest BCUT2D eigenvalue weighted by Gasteiger charge is -2.16. The van der Waals surface area contributed by atoms with Crippen LogP contribution in [0.2, 0.25) is 0 Å². The van der Waals surface area contributed by atoms with E-state index >= 15 is 0 Å². The average molecular weight is 361 g/mol. The highest BCUT2D eigenvalue weighted by Gasteiger charge is 2.32. The van der Waals surface area contributed by atoms with E-state index in [1.165, 1.54) is 0 Å². The Morgan fingerprint density at radius 1 is 1.31 bits per heavy atom. The number of fused-ring (bicyclic) bond motifs is 1. The lowest BCUT2D eigenvalue weighted by Crippen LogP contribution is -2.30. The molecule has 3 aromatic heterocycles. The molecule has 0 saturated carbocycles. The van der Waals surface area contributed by atoms with Gasteiger partial charge in [-0.25, -0.2) is 9.37 Å². The van der Waals surface area contributed by atoms with Crippen LogP contribution >= 0.6 is 0 Å². The van der Waals surface area contributed by atoms with E-state index in [0.29, 0.717) is 41.0 Å². The highest BCUT2D eigenvalue weighted by atomic mass is 19.1. The molecule has 1 fully saturated rings. The highest BCUT2D eigenvalue weighted by molar-refractivity contribution is 5.87. The van der Waals surface area contributed by atoms with E-state index in [1.807, 2.05) is 7.05 Å². The second-order valence-corrected chi connectivity index (χ2v) is 6.34. The second-order valence-electron chi connectivity index (χ2n) is 6.34. The number of anilines is 3. The van der Waals surface area contributed by atoms with E-state index in [4.69, 9.17) is 10.5 Å². The molecule has 138 valence electrons. The summed E-state index contributed by atoms with van der Waals surface area (Å²) >= 11 is 0. The van der Waals surface area contributed by atoms with Gasteiger partial charge in [-0.2, -0.15) is 9.97 Å². The molecule has 1 aliphatic heterocycles. The number of aryl methyl sites for hydroxylation is 2. The Hall–Kier alpha value is -2.95. The first-order chi connectivity index (χ1) is 12.5. The summed E-state index contributed by atoms with van der Waals surface area (Å²) in [6.45, 7) is 0.528. The minimum Gasteiger partial charge on any atom is -0.478 e. The molecule has 3 N–H and O–H groups in total. The molecule has 0 unspecified atom stereocenters. The molecule has 0 bridgehead atoms. The van der Waals surface area contributed by atoms with Crippen molar-refractivity contribution >= 4 is 28.6 Å². The maximum absolute atomic E-state index is 13.9. The van der Waals surface area contributed by atoms with E-state index in [2.05, 4.69) is 25.4 Å². The third-order valence-corrected chi connectivity index (χ3v) is 4.36. The van der Waals surface area contributed by atoms with E-state index in [1.54, 1.807) is 40.8 Å². The maximum atomic E-state index is 13.9. The first-order valence-corrected chi connectivity index (χ1v) is 8.14. The number of aromatic nitrogens is 6. The van der Waals surface area contributed by atoms with Gasteiger partial charge in [-0.3, -0.25) is 4.68 Å². The summed E-state index contributed by atoms with van der Waals surface area (Å²) < 4.78 is 22.5. The number of ether oxygens (including phenoxy) is 1. The van der Waals surface area contributed by atoms with Crippen molar-refractivity contribution in [1.82, 2.24) is 29.3 Å². The molecule has 4 heterocycles. The van der Waals surface area contributed by atoms with Crippen molar-refractivity contribution in [2.24, 2.45) is 19.8 Å². The number of imidazole rings is 1. The van der Waals surface area contributed by atoms with E-state index < -0.39 is 12.2 Å². The molecule has 0 spiro atoms. The Morgan fingerprint density at radius 3 is 2.81 bits per heavy atom. The number of nitrogens with two attached hydrogens (primary N) is 1. The quantitative estimate of drug-likeness (QED) is 0.684. The Kier molecular flexibility index (Phi) is 3.87. The lowest BCUT2D eigenvalue weighted by molar-refractivity contribution is 0.333. The van der Waals surface area contributed by atoms with E-state index in [0.717, 1.165) is 0 Å². The Balaban J connectivity index is 1.78. The number of methoxy groups -OCH3 is 1. The van der Waals surface area contributed by atoms with Crippen LogP contribution in [0.5, 0.6) is 5.88 Å². The Labute approximate surface area is 148 Å². The van der Waals surface area contributed by atoms with Crippen LogP contribution in [-0.4, -0.2) is 61.7 Å². The van der Waals surface area contributed by atoms with Crippen LogP contribution in [-0.2, 0) is 14.1 Å². The predicted molar refractivity (Wildman–Crippen MR) is 94.4 cm³/mol. The number of nitrogens with zero attached hydrogens (tertiary/aromatic N) is 7. The third kappa shape index (κ3) is 2.69. The van der Waals surface area contributed by atoms with Crippen molar-refractivity contribution in [2.75, 3.05) is 30.4 Å². The first-order valence-electron chi connectivity index (χ1n) is 8.14. The Morgan fingerprint density at radius 2 is 2.12 bits per heavy atom. The molecule has 0 aromatic carbocycles. The van der Waals surface area contributed by atoms with Crippen molar-refractivity contribution < 1.29 is 9.13 Å². The van der Waals surface area contributed by atoms with Gasteiger partial charge >= 0.3 is 0 Å². The van der Waals surface area contributed by atoms with Gasteiger partial charge in [-0.1, -0.05) is 0 Å². The number of hydrogen-bond donors (Lipinski definition) is 2. The van der Waals surface area contributed by atoms with Crippen molar-refractivity contribution in [3.8, 4) is 5.88 Å². The molecule has 2 atom stereocenters. The zero-order chi connectivity index (χ0) is 18.4. The lowest BCUT2D eigenvalue weighted by atomic mass is 10.3. The molecule has 26 heavy (non-hydrogen) atoms. The van der Waals surface area contributed by atoms with Crippen LogP contribution in [0.1, 0.15) is 0 Å². The number of hydrogen-bond acceptors (Lipinski definition) is 8.